The summed E-state index contributed by atoms with van der Waals surface area (Å²) in [4.78, 5) is 17.0. The van der Waals surface area contributed by atoms with Gasteiger partial charge in [0, 0.05) is 49.8 Å². The third-order valence-electron chi connectivity index (χ3n) is 5.52. The first-order chi connectivity index (χ1) is 14.7. The number of methoxy groups -OCH3 is 1. The fourth-order valence-corrected chi connectivity index (χ4v) is 3.83. The Labute approximate surface area is 176 Å². The molecule has 2 aromatic carbocycles. The van der Waals surface area contributed by atoms with Crippen LogP contribution in [0.15, 0.2) is 73.1 Å². The van der Waals surface area contributed by atoms with Gasteiger partial charge in [-0.25, -0.2) is 0 Å². The van der Waals surface area contributed by atoms with E-state index in [1.807, 2.05) is 82.5 Å². The molecule has 0 spiro atoms. The highest BCUT2D eigenvalue weighted by Gasteiger charge is 2.27. The monoisotopic (exact) mass is 400 g/mol. The van der Waals surface area contributed by atoms with Gasteiger partial charge in [0.05, 0.1) is 13.2 Å². The minimum absolute atomic E-state index is 0.0293. The predicted molar refractivity (Wildman–Crippen MR) is 115 cm³/mol. The van der Waals surface area contributed by atoms with Gasteiger partial charge in [0.15, 0.2) is 0 Å². The maximum absolute atomic E-state index is 13.0. The Bertz CT molecular complexity index is 1030. The van der Waals surface area contributed by atoms with Crippen LogP contribution in [0.5, 0.6) is 5.75 Å². The molecule has 4 rings (SSSR count). The number of benzene rings is 2. The van der Waals surface area contributed by atoms with Crippen molar-refractivity contribution in [3.05, 3.63) is 84.2 Å². The van der Waals surface area contributed by atoms with Gasteiger partial charge in [-0.1, -0.05) is 18.2 Å². The van der Waals surface area contributed by atoms with E-state index in [9.17, 15) is 10.1 Å². The Morgan fingerprint density at radius 1 is 1.00 bits per heavy atom. The highest BCUT2D eigenvalue weighted by molar-refractivity contribution is 5.94. The van der Waals surface area contributed by atoms with E-state index in [0.29, 0.717) is 31.7 Å². The van der Waals surface area contributed by atoms with Gasteiger partial charge in [-0.15, -0.1) is 0 Å². The summed E-state index contributed by atoms with van der Waals surface area (Å²) in [5.41, 5.74) is 2.59. The van der Waals surface area contributed by atoms with E-state index in [1.165, 1.54) is 0 Å². The van der Waals surface area contributed by atoms with E-state index in [2.05, 4.69) is 11.0 Å². The number of hydrogen-bond acceptors (Lipinski definition) is 4. The first kappa shape index (κ1) is 19.7. The van der Waals surface area contributed by atoms with E-state index in [-0.39, 0.29) is 11.9 Å². The van der Waals surface area contributed by atoms with Crippen LogP contribution in [0, 0.1) is 11.3 Å². The van der Waals surface area contributed by atoms with Crippen molar-refractivity contribution < 1.29 is 9.53 Å². The van der Waals surface area contributed by atoms with Gasteiger partial charge in [0.1, 0.15) is 11.8 Å². The van der Waals surface area contributed by atoms with Crippen LogP contribution in [-0.4, -0.2) is 53.6 Å². The molecule has 1 aromatic heterocycles. The van der Waals surface area contributed by atoms with Crippen LogP contribution in [0.3, 0.4) is 0 Å². The fraction of sp³-hybridized carbons (Fsp3) is 0.250. The number of nitrogens with zero attached hydrogens (tertiary/aromatic N) is 4. The van der Waals surface area contributed by atoms with Crippen molar-refractivity contribution in [2.45, 2.75) is 6.04 Å². The number of carbonyl (C=O) groups excluding carboxylic acids is 1. The molecule has 1 fully saturated rings. The smallest absolute Gasteiger partial charge is 0.254 e. The lowest BCUT2D eigenvalue weighted by Gasteiger charge is -2.37. The van der Waals surface area contributed by atoms with E-state index in [4.69, 9.17) is 4.74 Å². The first-order valence-corrected chi connectivity index (χ1v) is 10.00. The quantitative estimate of drug-likeness (QED) is 0.658. The van der Waals surface area contributed by atoms with Crippen LogP contribution < -0.4 is 4.74 Å². The normalized spacial score (nSPS) is 15.4. The number of rotatable bonds is 5. The Morgan fingerprint density at radius 2 is 1.70 bits per heavy atom. The van der Waals surface area contributed by atoms with E-state index < -0.39 is 0 Å². The van der Waals surface area contributed by atoms with Gasteiger partial charge in [-0.05, 0) is 48.0 Å². The van der Waals surface area contributed by atoms with Crippen LogP contribution >= 0.6 is 0 Å². The number of carbonyl (C=O) groups is 1. The zero-order chi connectivity index (χ0) is 20.9. The molecule has 6 heteroatoms. The van der Waals surface area contributed by atoms with E-state index in [1.54, 1.807) is 7.11 Å². The molecule has 30 heavy (non-hydrogen) atoms. The van der Waals surface area contributed by atoms with Crippen molar-refractivity contribution in [3.63, 3.8) is 0 Å². The van der Waals surface area contributed by atoms with E-state index >= 15 is 0 Å². The van der Waals surface area contributed by atoms with Gasteiger partial charge >= 0.3 is 0 Å². The first-order valence-electron chi connectivity index (χ1n) is 10.00. The molecule has 0 radical (unpaired) electrons. The van der Waals surface area contributed by atoms with Crippen LogP contribution in [0.2, 0.25) is 0 Å². The minimum Gasteiger partial charge on any atom is -0.497 e. The molecule has 1 unspecified atom stereocenters. The molecule has 1 amide bonds. The van der Waals surface area contributed by atoms with Gasteiger partial charge in [-0.3, -0.25) is 9.69 Å². The largest absolute Gasteiger partial charge is 0.497 e. The molecule has 1 aliphatic rings. The summed E-state index contributed by atoms with van der Waals surface area (Å²) >= 11 is 0. The van der Waals surface area contributed by atoms with Gasteiger partial charge in [0.2, 0.25) is 0 Å². The SMILES string of the molecule is COc1ccc(C(C#N)N2CCN(C(=O)c3cccc(-n4cccc4)c3)CC2)cc1. The zero-order valence-corrected chi connectivity index (χ0v) is 16.9. The standard InChI is InChI=1S/C24H24N4O2/c1-30-22-9-7-19(8-10-22)23(18-25)27-13-15-28(16-14-27)24(29)20-5-4-6-21(17-20)26-11-2-3-12-26/h2-12,17,23H,13-16H2,1H3. The van der Waals surface area contributed by atoms with Gasteiger partial charge < -0.3 is 14.2 Å². The van der Waals surface area contributed by atoms with Crippen LogP contribution in [0.1, 0.15) is 22.0 Å². The van der Waals surface area contributed by atoms with Crippen molar-refractivity contribution in [2.24, 2.45) is 0 Å². The summed E-state index contributed by atoms with van der Waals surface area (Å²) in [5.74, 6) is 0.801. The Balaban J connectivity index is 1.42. The van der Waals surface area contributed by atoms with Crippen molar-refractivity contribution in [1.82, 2.24) is 14.4 Å². The molecule has 1 saturated heterocycles. The van der Waals surface area contributed by atoms with Crippen molar-refractivity contribution in [2.75, 3.05) is 33.3 Å². The lowest BCUT2D eigenvalue weighted by Crippen LogP contribution is -2.49. The summed E-state index contributed by atoms with van der Waals surface area (Å²) in [5, 5.41) is 9.73. The second-order valence-electron chi connectivity index (χ2n) is 7.27. The summed E-state index contributed by atoms with van der Waals surface area (Å²) < 4.78 is 7.19. The topological polar surface area (TPSA) is 61.5 Å². The fourth-order valence-electron chi connectivity index (χ4n) is 3.83. The Morgan fingerprint density at radius 3 is 2.33 bits per heavy atom. The predicted octanol–water partition coefficient (Wildman–Crippen LogP) is 3.51. The number of nitriles is 1. The molecule has 1 atom stereocenters. The maximum atomic E-state index is 13.0. The van der Waals surface area contributed by atoms with Crippen molar-refractivity contribution >= 4 is 5.91 Å². The summed E-state index contributed by atoms with van der Waals surface area (Å²) in [6.45, 7) is 2.52. The Hall–Kier alpha value is -3.56. The average Bonchev–Trinajstić information content (AvgIpc) is 3.35. The molecule has 152 valence electrons. The summed E-state index contributed by atoms with van der Waals surface area (Å²) in [6.07, 6.45) is 3.92. The molecule has 1 aliphatic heterocycles. The second kappa shape index (κ2) is 8.85. The maximum Gasteiger partial charge on any atom is 0.254 e. The highest BCUT2D eigenvalue weighted by atomic mass is 16.5. The molecular weight excluding hydrogens is 376 g/mol. The molecule has 2 heterocycles. The number of aromatic nitrogens is 1. The lowest BCUT2D eigenvalue weighted by atomic mass is 10.1. The number of amides is 1. The van der Waals surface area contributed by atoms with Gasteiger partial charge in [-0.2, -0.15) is 5.26 Å². The second-order valence-corrected chi connectivity index (χ2v) is 7.27. The van der Waals surface area contributed by atoms with E-state index in [0.717, 1.165) is 17.0 Å². The molecule has 0 aliphatic carbocycles. The molecule has 3 aromatic rings. The third kappa shape index (κ3) is 4.07. The van der Waals surface area contributed by atoms with Gasteiger partial charge in [0.25, 0.3) is 5.91 Å². The number of hydrogen-bond donors (Lipinski definition) is 0. The Kier molecular flexibility index (Phi) is 5.82. The molecule has 6 nitrogen and oxygen atoms in total. The highest BCUT2D eigenvalue weighted by Crippen LogP contribution is 2.24. The molecule has 0 saturated carbocycles. The van der Waals surface area contributed by atoms with Crippen LogP contribution in [-0.2, 0) is 0 Å². The average molecular weight is 400 g/mol. The van der Waals surface area contributed by atoms with Crippen molar-refractivity contribution in [3.8, 4) is 17.5 Å². The molecule has 0 N–H and O–H groups in total. The summed E-state index contributed by atoms with van der Waals surface area (Å²) in [6, 6.07) is 21.3. The molecular formula is C24H24N4O2. The van der Waals surface area contributed by atoms with Crippen LogP contribution in [0.25, 0.3) is 5.69 Å². The minimum atomic E-state index is -0.328. The van der Waals surface area contributed by atoms with Crippen molar-refractivity contribution in [1.29, 1.82) is 5.26 Å². The zero-order valence-electron chi connectivity index (χ0n) is 16.9. The third-order valence-corrected chi connectivity index (χ3v) is 5.52. The lowest BCUT2D eigenvalue weighted by molar-refractivity contribution is 0.0606. The summed E-state index contributed by atoms with van der Waals surface area (Å²) in [7, 11) is 1.63. The van der Waals surface area contributed by atoms with Crippen LogP contribution in [0.4, 0.5) is 0 Å². The number of ether oxygens (including phenoxy) is 1. The molecule has 0 bridgehead atoms. The number of piperazine rings is 1.